The first-order valence-corrected chi connectivity index (χ1v) is 7.51. The molecule has 5 nitrogen and oxygen atoms in total. The van der Waals surface area contributed by atoms with E-state index in [4.69, 9.17) is 4.74 Å². The van der Waals surface area contributed by atoms with Gasteiger partial charge in [-0.3, -0.25) is 9.48 Å². The molecule has 1 fully saturated rings. The third kappa shape index (κ3) is 3.03. The molecular formula is C15H24N2O3. The van der Waals surface area contributed by atoms with Crippen molar-refractivity contribution in [2.75, 3.05) is 7.11 Å². The maximum Gasteiger partial charge on any atom is 0.213 e. The molecule has 0 aromatic carbocycles. The number of hydrogen-bond acceptors (Lipinski definition) is 4. The number of aliphatic hydroxyl groups excluding tert-OH is 1. The monoisotopic (exact) mass is 280 g/mol. The lowest BCUT2D eigenvalue weighted by Crippen LogP contribution is -2.32. The molecule has 1 aliphatic rings. The maximum absolute atomic E-state index is 12.6. The summed E-state index contributed by atoms with van der Waals surface area (Å²) in [5, 5.41) is 14.6. The molecule has 0 saturated heterocycles. The molecular weight excluding hydrogens is 256 g/mol. The molecule has 1 atom stereocenters. The molecule has 0 radical (unpaired) electrons. The number of ketones is 1. The Kier molecular flexibility index (Phi) is 5.17. The third-order valence-corrected chi connectivity index (χ3v) is 4.06. The number of methoxy groups -OCH3 is 1. The zero-order valence-electron chi connectivity index (χ0n) is 12.3. The number of carbonyl (C=O) groups is 1. The van der Waals surface area contributed by atoms with Gasteiger partial charge in [-0.1, -0.05) is 26.2 Å². The average Bonchev–Trinajstić information content (AvgIpc) is 2.90. The summed E-state index contributed by atoms with van der Waals surface area (Å²) in [6.45, 7) is 2.68. The van der Waals surface area contributed by atoms with Crippen LogP contribution in [0.1, 0.15) is 55.9 Å². The Hall–Kier alpha value is -1.36. The Balaban J connectivity index is 2.20. The molecule has 1 unspecified atom stereocenters. The Morgan fingerprint density at radius 2 is 2.20 bits per heavy atom. The van der Waals surface area contributed by atoms with Crippen molar-refractivity contribution in [2.24, 2.45) is 5.92 Å². The smallest absolute Gasteiger partial charge is 0.213 e. The summed E-state index contributed by atoms with van der Waals surface area (Å²) in [5.74, 6) is 0.281. The zero-order valence-corrected chi connectivity index (χ0v) is 12.3. The number of aromatic nitrogens is 2. The highest BCUT2D eigenvalue weighted by molar-refractivity contribution is 6.00. The van der Waals surface area contributed by atoms with Gasteiger partial charge >= 0.3 is 0 Å². The average molecular weight is 280 g/mol. The molecule has 1 aromatic heterocycles. The summed E-state index contributed by atoms with van der Waals surface area (Å²) >= 11 is 0. The van der Waals surface area contributed by atoms with E-state index < -0.39 is 6.10 Å². The molecule has 1 heterocycles. The zero-order chi connectivity index (χ0) is 14.5. The van der Waals surface area contributed by atoms with Crippen molar-refractivity contribution in [1.82, 2.24) is 9.78 Å². The molecule has 0 aliphatic heterocycles. The predicted molar refractivity (Wildman–Crippen MR) is 76.0 cm³/mol. The summed E-state index contributed by atoms with van der Waals surface area (Å²) in [6.07, 6.45) is 6.75. The van der Waals surface area contributed by atoms with E-state index in [2.05, 4.69) is 5.10 Å². The molecule has 1 N–H and O–H groups in total. The lowest BCUT2D eigenvalue weighted by Gasteiger charge is -2.25. The summed E-state index contributed by atoms with van der Waals surface area (Å²) in [5.41, 5.74) is 0.410. The summed E-state index contributed by atoms with van der Waals surface area (Å²) in [6, 6.07) is 0. The maximum atomic E-state index is 12.6. The molecule has 1 aromatic rings. The molecule has 0 amide bonds. The van der Waals surface area contributed by atoms with Crippen LogP contribution in [-0.4, -0.2) is 33.9 Å². The van der Waals surface area contributed by atoms with E-state index in [1.807, 2.05) is 6.92 Å². The topological polar surface area (TPSA) is 64.4 Å². The van der Waals surface area contributed by atoms with Crippen LogP contribution in [0.4, 0.5) is 0 Å². The minimum atomic E-state index is -0.934. The number of nitrogens with zero attached hydrogens (tertiary/aromatic N) is 2. The minimum Gasteiger partial charge on any atom is -0.493 e. The highest BCUT2D eigenvalue weighted by Crippen LogP contribution is 2.29. The van der Waals surface area contributed by atoms with Gasteiger partial charge in [-0.2, -0.15) is 5.10 Å². The van der Waals surface area contributed by atoms with Gasteiger partial charge in [-0.15, -0.1) is 0 Å². The van der Waals surface area contributed by atoms with Gasteiger partial charge in [0, 0.05) is 6.54 Å². The molecule has 0 bridgehead atoms. The summed E-state index contributed by atoms with van der Waals surface area (Å²) < 4.78 is 6.86. The van der Waals surface area contributed by atoms with Gasteiger partial charge in [-0.05, 0) is 25.2 Å². The van der Waals surface area contributed by atoms with Crippen molar-refractivity contribution in [2.45, 2.75) is 58.1 Å². The first-order chi connectivity index (χ1) is 9.69. The largest absolute Gasteiger partial charge is 0.493 e. The van der Waals surface area contributed by atoms with Crippen LogP contribution in [-0.2, 0) is 6.54 Å². The van der Waals surface area contributed by atoms with Crippen molar-refractivity contribution in [3.8, 4) is 5.75 Å². The van der Waals surface area contributed by atoms with E-state index in [1.54, 1.807) is 10.9 Å². The first kappa shape index (κ1) is 15.0. The van der Waals surface area contributed by atoms with Gasteiger partial charge < -0.3 is 9.84 Å². The van der Waals surface area contributed by atoms with Crippen molar-refractivity contribution >= 4 is 5.78 Å². The number of aliphatic hydroxyl groups is 1. The summed E-state index contributed by atoms with van der Waals surface area (Å²) in [4.78, 5) is 12.6. The van der Waals surface area contributed by atoms with Gasteiger partial charge in [0.15, 0.2) is 5.75 Å². The van der Waals surface area contributed by atoms with Crippen LogP contribution < -0.4 is 4.74 Å². The van der Waals surface area contributed by atoms with E-state index >= 15 is 0 Å². The normalized spacial score (nSPS) is 17.9. The second-order valence-electron chi connectivity index (χ2n) is 5.49. The number of hydrogen-bond donors (Lipinski definition) is 1. The second-order valence-corrected chi connectivity index (χ2v) is 5.49. The summed E-state index contributed by atoms with van der Waals surface area (Å²) in [7, 11) is 1.52. The Morgan fingerprint density at radius 3 is 2.80 bits per heavy atom. The first-order valence-electron chi connectivity index (χ1n) is 7.51. The Labute approximate surface area is 119 Å². The highest BCUT2D eigenvalue weighted by atomic mass is 16.5. The van der Waals surface area contributed by atoms with Gasteiger partial charge in [0.1, 0.15) is 11.8 Å². The molecule has 2 rings (SSSR count). The van der Waals surface area contributed by atoms with Crippen LogP contribution in [0.5, 0.6) is 5.75 Å². The van der Waals surface area contributed by atoms with Crippen LogP contribution in [0.3, 0.4) is 0 Å². The van der Waals surface area contributed by atoms with Gasteiger partial charge in [0.2, 0.25) is 5.78 Å². The third-order valence-electron chi connectivity index (χ3n) is 4.06. The number of Topliss-reactive ketones (excluding diaryl/α,β-unsaturated/α-hetero) is 1. The molecule has 112 valence electrons. The second kappa shape index (κ2) is 6.88. The number of carbonyl (C=O) groups excluding carboxylic acids is 1. The van der Waals surface area contributed by atoms with Crippen LogP contribution in [0.25, 0.3) is 0 Å². The quantitative estimate of drug-likeness (QED) is 0.813. The van der Waals surface area contributed by atoms with E-state index in [0.29, 0.717) is 18.0 Å². The van der Waals surface area contributed by atoms with Crippen LogP contribution >= 0.6 is 0 Å². The SMILES string of the molecule is CCCn1ncc(OC)c1C(=O)C(O)C1CCCCC1. The van der Waals surface area contributed by atoms with E-state index in [9.17, 15) is 9.90 Å². The fourth-order valence-electron chi connectivity index (χ4n) is 2.95. The lowest BCUT2D eigenvalue weighted by atomic mass is 9.83. The predicted octanol–water partition coefficient (Wildman–Crippen LogP) is 2.43. The van der Waals surface area contributed by atoms with Crippen molar-refractivity contribution in [3.63, 3.8) is 0 Å². The minimum absolute atomic E-state index is 0.0749. The van der Waals surface area contributed by atoms with Crippen molar-refractivity contribution < 1.29 is 14.6 Å². The van der Waals surface area contributed by atoms with Crippen molar-refractivity contribution in [3.05, 3.63) is 11.9 Å². The number of rotatable bonds is 6. The van der Waals surface area contributed by atoms with Crippen LogP contribution in [0, 0.1) is 5.92 Å². The highest BCUT2D eigenvalue weighted by Gasteiger charge is 2.32. The Morgan fingerprint density at radius 1 is 1.50 bits per heavy atom. The van der Waals surface area contributed by atoms with Crippen molar-refractivity contribution in [1.29, 1.82) is 0 Å². The molecule has 20 heavy (non-hydrogen) atoms. The van der Waals surface area contributed by atoms with E-state index in [1.165, 1.54) is 13.5 Å². The molecule has 5 heteroatoms. The van der Waals surface area contributed by atoms with Crippen LogP contribution in [0.15, 0.2) is 6.20 Å². The lowest BCUT2D eigenvalue weighted by molar-refractivity contribution is 0.0520. The van der Waals surface area contributed by atoms with Gasteiger partial charge in [-0.25, -0.2) is 0 Å². The van der Waals surface area contributed by atoms with Crippen LogP contribution in [0.2, 0.25) is 0 Å². The Bertz CT molecular complexity index is 450. The molecule has 1 aliphatic carbocycles. The van der Waals surface area contributed by atoms with E-state index in [0.717, 1.165) is 32.1 Å². The molecule has 1 saturated carbocycles. The fraction of sp³-hybridized carbons (Fsp3) is 0.733. The standard InChI is InChI=1S/C15H24N2O3/c1-3-9-17-13(12(20-2)10-16-17)15(19)14(18)11-7-5-4-6-8-11/h10-11,14,18H,3-9H2,1-2H3. The fourth-order valence-corrected chi connectivity index (χ4v) is 2.95. The number of ether oxygens (including phenoxy) is 1. The van der Waals surface area contributed by atoms with Gasteiger partial charge in [0.25, 0.3) is 0 Å². The van der Waals surface area contributed by atoms with Gasteiger partial charge in [0.05, 0.1) is 13.3 Å². The number of aryl methyl sites for hydroxylation is 1. The molecule has 0 spiro atoms. The van der Waals surface area contributed by atoms with E-state index in [-0.39, 0.29) is 11.7 Å².